The average molecular weight is 476 g/mol. The van der Waals surface area contributed by atoms with E-state index in [9.17, 15) is 14.7 Å². The summed E-state index contributed by atoms with van der Waals surface area (Å²) >= 11 is 0. The minimum atomic E-state index is -0.655. The molecule has 0 unspecified atom stereocenters. The molecule has 3 aromatic carbocycles. The molecule has 3 aromatic rings. The summed E-state index contributed by atoms with van der Waals surface area (Å²) in [6.07, 6.45) is 2.84. The number of benzene rings is 3. The zero-order chi connectivity index (χ0) is 25.2. The molecule has 9 heteroatoms. The standard InChI is InChI=1S/C26H25N3O6/c1-33-22-11-10-18(14-21(22)30)16-27-29-26(32)20(28-25(31)19-7-5-4-6-8-19)13-17-9-12-23(34-2)24(15-17)35-3/h4-16,30H,1-3H3,(H,28,31)(H,29,32)/b20-13+,27-16-. The van der Waals surface area contributed by atoms with Crippen LogP contribution >= 0.6 is 0 Å². The minimum Gasteiger partial charge on any atom is -0.504 e. The molecule has 9 nitrogen and oxygen atoms in total. The molecule has 0 heterocycles. The predicted octanol–water partition coefficient (Wildman–Crippen LogP) is 3.34. The van der Waals surface area contributed by atoms with Crippen LogP contribution in [0.3, 0.4) is 0 Å². The summed E-state index contributed by atoms with van der Waals surface area (Å²) in [4.78, 5) is 25.6. The molecule has 0 aliphatic rings. The van der Waals surface area contributed by atoms with E-state index in [0.29, 0.717) is 33.9 Å². The van der Waals surface area contributed by atoms with E-state index < -0.39 is 11.8 Å². The number of carbonyl (C=O) groups is 2. The molecule has 0 saturated carbocycles. The first-order valence-corrected chi connectivity index (χ1v) is 10.5. The highest BCUT2D eigenvalue weighted by atomic mass is 16.5. The van der Waals surface area contributed by atoms with Gasteiger partial charge in [-0.15, -0.1) is 0 Å². The number of methoxy groups -OCH3 is 3. The molecule has 180 valence electrons. The number of aromatic hydroxyl groups is 1. The smallest absolute Gasteiger partial charge is 0.287 e. The number of carbonyl (C=O) groups excluding carboxylic acids is 2. The summed E-state index contributed by atoms with van der Waals surface area (Å²) in [5.74, 6) is 0.125. The molecular formula is C26H25N3O6. The molecule has 0 bridgehead atoms. The highest BCUT2D eigenvalue weighted by molar-refractivity contribution is 6.05. The molecule has 3 N–H and O–H groups in total. The van der Waals surface area contributed by atoms with Crippen molar-refractivity contribution in [1.29, 1.82) is 0 Å². The van der Waals surface area contributed by atoms with Crippen LogP contribution in [0.5, 0.6) is 23.0 Å². The van der Waals surface area contributed by atoms with Crippen LogP contribution in [-0.2, 0) is 4.79 Å². The highest BCUT2D eigenvalue weighted by Gasteiger charge is 2.15. The van der Waals surface area contributed by atoms with Crippen LogP contribution < -0.4 is 25.0 Å². The van der Waals surface area contributed by atoms with Crippen molar-refractivity contribution in [2.24, 2.45) is 5.10 Å². The molecule has 35 heavy (non-hydrogen) atoms. The van der Waals surface area contributed by atoms with Crippen LogP contribution in [0.1, 0.15) is 21.5 Å². The Balaban J connectivity index is 1.85. The van der Waals surface area contributed by atoms with E-state index in [1.165, 1.54) is 39.7 Å². The maximum Gasteiger partial charge on any atom is 0.287 e. The molecule has 0 spiro atoms. The van der Waals surface area contributed by atoms with Crippen molar-refractivity contribution >= 4 is 24.1 Å². The summed E-state index contributed by atoms with van der Waals surface area (Å²) in [5.41, 5.74) is 3.85. The van der Waals surface area contributed by atoms with E-state index in [4.69, 9.17) is 14.2 Å². The summed E-state index contributed by atoms with van der Waals surface area (Å²) in [6, 6.07) is 18.2. The summed E-state index contributed by atoms with van der Waals surface area (Å²) < 4.78 is 15.6. The quantitative estimate of drug-likeness (QED) is 0.248. The second-order valence-electron chi connectivity index (χ2n) is 7.12. The fraction of sp³-hybridized carbons (Fsp3) is 0.115. The van der Waals surface area contributed by atoms with Crippen molar-refractivity contribution in [2.45, 2.75) is 0 Å². The molecule has 0 atom stereocenters. The maximum absolute atomic E-state index is 12.9. The third kappa shape index (κ3) is 6.61. The monoisotopic (exact) mass is 475 g/mol. The van der Waals surface area contributed by atoms with Gasteiger partial charge in [0.15, 0.2) is 23.0 Å². The predicted molar refractivity (Wildman–Crippen MR) is 132 cm³/mol. The number of nitrogens with one attached hydrogen (secondary N) is 2. The van der Waals surface area contributed by atoms with Crippen LogP contribution in [-0.4, -0.2) is 44.5 Å². The Bertz CT molecular complexity index is 1260. The van der Waals surface area contributed by atoms with E-state index in [2.05, 4.69) is 15.8 Å². The van der Waals surface area contributed by atoms with Crippen molar-refractivity contribution in [3.8, 4) is 23.0 Å². The third-order valence-corrected chi connectivity index (χ3v) is 4.83. The Labute approximate surface area is 202 Å². The lowest BCUT2D eigenvalue weighted by Crippen LogP contribution is -2.32. The number of rotatable bonds is 9. The second-order valence-corrected chi connectivity index (χ2v) is 7.12. The van der Waals surface area contributed by atoms with Crippen LogP contribution in [0.25, 0.3) is 6.08 Å². The van der Waals surface area contributed by atoms with Gasteiger partial charge in [0, 0.05) is 5.56 Å². The average Bonchev–Trinajstić information content (AvgIpc) is 2.88. The first-order valence-electron chi connectivity index (χ1n) is 10.5. The minimum absolute atomic E-state index is 0.0409. The number of hydrogen-bond donors (Lipinski definition) is 3. The lowest BCUT2D eigenvalue weighted by molar-refractivity contribution is -0.117. The normalized spacial score (nSPS) is 11.1. The Hall–Kier alpha value is -4.79. The van der Waals surface area contributed by atoms with Gasteiger partial charge >= 0.3 is 0 Å². The van der Waals surface area contributed by atoms with Gasteiger partial charge in [0.1, 0.15) is 5.70 Å². The van der Waals surface area contributed by atoms with Gasteiger partial charge < -0.3 is 24.6 Å². The fourth-order valence-electron chi connectivity index (χ4n) is 3.06. The Morgan fingerprint density at radius 2 is 1.49 bits per heavy atom. The molecule has 3 rings (SSSR count). The molecule has 0 aliphatic carbocycles. The third-order valence-electron chi connectivity index (χ3n) is 4.83. The Morgan fingerprint density at radius 1 is 0.829 bits per heavy atom. The lowest BCUT2D eigenvalue weighted by atomic mass is 10.1. The van der Waals surface area contributed by atoms with Crippen LogP contribution in [0.2, 0.25) is 0 Å². The number of ether oxygens (including phenoxy) is 3. The molecule has 0 aliphatic heterocycles. The van der Waals surface area contributed by atoms with Crippen LogP contribution in [0.4, 0.5) is 0 Å². The highest BCUT2D eigenvalue weighted by Crippen LogP contribution is 2.28. The van der Waals surface area contributed by atoms with Crippen molar-refractivity contribution in [2.75, 3.05) is 21.3 Å². The number of amides is 2. The second kappa shape index (κ2) is 11.9. The largest absolute Gasteiger partial charge is 0.504 e. The molecule has 2 amide bonds. The van der Waals surface area contributed by atoms with Gasteiger partial charge in [-0.3, -0.25) is 9.59 Å². The molecular weight excluding hydrogens is 450 g/mol. The van der Waals surface area contributed by atoms with Gasteiger partial charge in [0.05, 0.1) is 27.5 Å². The van der Waals surface area contributed by atoms with Gasteiger partial charge in [-0.1, -0.05) is 24.3 Å². The molecule has 0 saturated heterocycles. The molecule has 0 radical (unpaired) electrons. The van der Waals surface area contributed by atoms with Crippen molar-refractivity contribution in [1.82, 2.24) is 10.7 Å². The van der Waals surface area contributed by atoms with Crippen molar-refractivity contribution in [3.05, 3.63) is 89.1 Å². The van der Waals surface area contributed by atoms with E-state index >= 15 is 0 Å². The zero-order valence-corrected chi connectivity index (χ0v) is 19.4. The van der Waals surface area contributed by atoms with Crippen molar-refractivity contribution in [3.63, 3.8) is 0 Å². The topological polar surface area (TPSA) is 118 Å². The van der Waals surface area contributed by atoms with Crippen molar-refractivity contribution < 1.29 is 28.9 Å². The SMILES string of the molecule is COc1ccc(/C=N\NC(=O)/C(=C\c2ccc(OC)c(OC)c2)NC(=O)c2ccccc2)cc1O. The summed E-state index contributed by atoms with van der Waals surface area (Å²) in [7, 11) is 4.47. The van der Waals surface area contributed by atoms with Crippen LogP contribution in [0.15, 0.2) is 77.5 Å². The zero-order valence-electron chi connectivity index (χ0n) is 19.4. The van der Waals surface area contributed by atoms with Gasteiger partial charge in [-0.2, -0.15) is 5.10 Å². The van der Waals surface area contributed by atoms with Crippen LogP contribution in [0, 0.1) is 0 Å². The summed E-state index contributed by atoms with van der Waals surface area (Å²) in [5, 5.41) is 16.4. The number of hydrazone groups is 1. The Morgan fingerprint density at radius 3 is 2.14 bits per heavy atom. The fourth-order valence-corrected chi connectivity index (χ4v) is 3.06. The molecule has 0 fully saturated rings. The van der Waals surface area contributed by atoms with Gasteiger partial charge in [0.25, 0.3) is 11.8 Å². The van der Waals surface area contributed by atoms with E-state index in [0.717, 1.165) is 0 Å². The Kier molecular flexibility index (Phi) is 8.44. The number of phenolic OH excluding ortho intramolecular Hbond substituents is 1. The van der Waals surface area contributed by atoms with E-state index in [1.54, 1.807) is 60.7 Å². The first kappa shape index (κ1) is 24.8. The first-order chi connectivity index (χ1) is 16.9. The number of phenols is 1. The number of hydrogen-bond acceptors (Lipinski definition) is 7. The maximum atomic E-state index is 12.9. The van der Waals surface area contributed by atoms with Gasteiger partial charge in [-0.05, 0) is 59.7 Å². The van der Waals surface area contributed by atoms with E-state index in [-0.39, 0.29) is 11.4 Å². The van der Waals surface area contributed by atoms with Gasteiger partial charge in [-0.25, -0.2) is 5.43 Å². The summed E-state index contributed by atoms with van der Waals surface area (Å²) in [6.45, 7) is 0. The number of nitrogens with zero attached hydrogens (tertiary/aromatic N) is 1. The van der Waals surface area contributed by atoms with Gasteiger partial charge in [0.2, 0.25) is 0 Å². The molecule has 0 aromatic heterocycles. The lowest BCUT2D eigenvalue weighted by Gasteiger charge is -2.11. The van der Waals surface area contributed by atoms with E-state index in [1.807, 2.05) is 0 Å².